The van der Waals surface area contributed by atoms with Crippen LogP contribution in [-0.2, 0) is 11.2 Å². The van der Waals surface area contributed by atoms with Crippen LogP contribution in [0, 0.1) is 10.1 Å². The first kappa shape index (κ1) is 16.2. The van der Waals surface area contributed by atoms with Crippen LogP contribution in [0.25, 0.3) is 0 Å². The number of primary amides is 1. The lowest BCUT2D eigenvalue weighted by Gasteiger charge is -2.15. The highest BCUT2D eigenvalue weighted by molar-refractivity contribution is 5.97. The molecule has 1 atom stereocenters. The zero-order chi connectivity index (χ0) is 16.8. The van der Waals surface area contributed by atoms with Gasteiger partial charge in [0, 0.05) is 24.1 Å². The van der Waals surface area contributed by atoms with Gasteiger partial charge in [0.05, 0.1) is 4.92 Å². The average Bonchev–Trinajstić information content (AvgIpc) is 2.55. The van der Waals surface area contributed by atoms with Crippen molar-refractivity contribution in [3.63, 3.8) is 0 Å². The number of rotatable bonds is 6. The van der Waals surface area contributed by atoms with E-state index in [1.807, 2.05) is 0 Å². The van der Waals surface area contributed by atoms with Gasteiger partial charge in [-0.1, -0.05) is 30.3 Å². The minimum Gasteiger partial charge on any atom is -0.368 e. The van der Waals surface area contributed by atoms with Gasteiger partial charge < -0.3 is 11.1 Å². The Hall–Kier alpha value is -3.22. The van der Waals surface area contributed by atoms with Gasteiger partial charge in [0.15, 0.2) is 0 Å². The number of carbonyl (C=O) groups excluding carboxylic acids is 2. The molecule has 2 rings (SSSR count). The number of carbonyl (C=O) groups is 2. The average molecular weight is 313 g/mol. The molecule has 0 aromatic heterocycles. The number of non-ortho nitro benzene ring substituents is 1. The molecule has 0 saturated heterocycles. The number of nitrogens with zero attached hydrogens (tertiary/aromatic N) is 1. The molecule has 2 amide bonds. The van der Waals surface area contributed by atoms with Gasteiger partial charge in [-0.25, -0.2) is 0 Å². The zero-order valence-electron chi connectivity index (χ0n) is 12.1. The number of nitro groups is 1. The second-order valence-corrected chi connectivity index (χ2v) is 4.92. The Morgan fingerprint density at radius 2 is 1.70 bits per heavy atom. The van der Waals surface area contributed by atoms with E-state index < -0.39 is 22.8 Å². The molecule has 0 fully saturated rings. The molecule has 0 saturated carbocycles. The summed E-state index contributed by atoms with van der Waals surface area (Å²) in [5.74, 6) is -1.08. The van der Waals surface area contributed by atoms with Crippen molar-refractivity contribution in [2.75, 3.05) is 0 Å². The summed E-state index contributed by atoms with van der Waals surface area (Å²) < 4.78 is 0. The quantitative estimate of drug-likeness (QED) is 0.619. The molecule has 0 aliphatic carbocycles. The molecule has 0 radical (unpaired) electrons. The van der Waals surface area contributed by atoms with Crippen molar-refractivity contribution in [3.8, 4) is 0 Å². The molecule has 2 aromatic carbocycles. The maximum atomic E-state index is 12.1. The van der Waals surface area contributed by atoms with Crippen molar-refractivity contribution in [3.05, 3.63) is 75.8 Å². The number of nitrogens with one attached hydrogen (secondary N) is 1. The Morgan fingerprint density at radius 1 is 1.09 bits per heavy atom. The van der Waals surface area contributed by atoms with Crippen molar-refractivity contribution in [2.24, 2.45) is 5.73 Å². The van der Waals surface area contributed by atoms with Crippen molar-refractivity contribution in [1.82, 2.24) is 5.32 Å². The molecule has 7 heteroatoms. The maximum Gasteiger partial charge on any atom is 0.269 e. The number of amides is 2. The van der Waals surface area contributed by atoms with Gasteiger partial charge in [-0.15, -0.1) is 0 Å². The van der Waals surface area contributed by atoms with E-state index in [9.17, 15) is 19.7 Å². The third-order valence-corrected chi connectivity index (χ3v) is 3.27. The lowest BCUT2D eigenvalue weighted by molar-refractivity contribution is -0.384. The van der Waals surface area contributed by atoms with Crippen LogP contribution in [-0.4, -0.2) is 22.8 Å². The summed E-state index contributed by atoms with van der Waals surface area (Å²) in [6.07, 6.45) is 0.159. The highest BCUT2D eigenvalue weighted by atomic mass is 16.6. The Bertz CT molecular complexity index is 714. The number of hydrogen-bond acceptors (Lipinski definition) is 4. The monoisotopic (exact) mass is 313 g/mol. The van der Waals surface area contributed by atoms with E-state index in [0.29, 0.717) is 11.1 Å². The molecule has 7 nitrogen and oxygen atoms in total. The van der Waals surface area contributed by atoms with Crippen molar-refractivity contribution in [1.29, 1.82) is 0 Å². The molecule has 0 aliphatic heterocycles. The van der Waals surface area contributed by atoms with Gasteiger partial charge in [-0.05, 0) is 17.7 Å². The molecule has 2 aromatic rings. The van der Waals surface area contributed by atoms with E-state index in [1.54, 1.807) is 30.3 Å². The Labute approximate surface area is 132 Å². The third-order valence-electron chi connectivity index (χ3n) is 3.27. The topological polar surface area (TPSA) is 115 Å². The highest BCUT2D eigenvalue weighted by Gasteiger charge is 2.19. The van der Waals surface area contributed by atoms with Crippen molar-refractivity contribution in [2.45, 2.75) is 12.5 Å². The second-order valence-electron chi connectivity index (χ2n) is 4.92. The second kappa shape index (κ2) is 7.17. The van der Waals surface area contributed by atoms with Gasteiger partial charge in [-0.2, -0.15) is 0 Å². The Kier molecular flexibility index (Phi) is 5.03. The number of nitrogens with two attached hydrogens (primary N) is 1. The molecule has 0 bridgehead atoms. The van der Waals surface area contributed by atoms with E-state index in [0.717, 1.165) is 0 Å². The summed E-state index contributed by atoms with van der Waals surface area (Å²) in [6.45, 7) is 0. The molecule has 23 heavy (non-hydrogen) atoms. The number of benzene rings is 2. The predicted molar refractivity (Wildman–Crippen MR) is 83.7 cm³/mol. The zero-order valence-corrected chi connectivity index (χ0v) is 12.1. The predicted octanol–water partition coefficient (Wildman–Crippen LogP) is 1.42. The first-order valence-electron chi connectivity index (χ1n) is 6.86. The van der Waals surface area contributed by atoms with E-state index >= 15 is 0 Å². The molecule has 0 unspecified atom stereocenters. The first-order chi connectivity index (χ1) is 11.0. The summed E-state index contributed by atoms with van der Waals surface area (Å²) in [4.78, 5) is 33.7. The van der Waals surface area contributed by atoms with Gasteiger partial charge in [0.25, 0.3) is 11.6 Å². The number of nitro benzene ring substituents is 1. The summed E-state index contributed by atoms with van der Waals surface area (Å²) in [7, 11) is 0. The molecule has 0 heterocycles. The Morgan fingerprint density at radius 3 is 2.22 bits per heavy atom. The van der Waals surface area contributed by atoms with E-state index in [4.69, 9.17) is 5.73 Å². The molecule has 3 N–H and O–H groups in total. The van der Waals surface area contributed by atoms with Crippen molar-refractivity contribution < 1.29 is 14.5 Å². The standard InChI is InChI=1S/C16H15N3O4/c17-15(20)14(18-16(21)12-4-2-1-3-5-12)10-11-6-8-13(9-7-11)19(22)23/h1-9,14H,10H2,(H2,17,20)(H,18,21)/t14-/m0/s1. The third kappa shape index (κ3) is 4.37. The fraction of sp³-hybridized carbons (Fsp3) is 0.125. The van der Waals surface area contributed by atoms with Crippen LogP contribution in [0.3, 0.4) is 0 Å². The lowest BCUT2D eigenvalue weighted by Crippen LogP contribution is -2.45. The van der Waals surface area contributed by atoms with Crippen LogP contribution in [0.2, 0.25) is 0 Å². The van der Waals surface area contributed by atoms with Crippen LogP contribution in [0.4, 0.5) is 5.69 Å². The molecular formula is C16H15N3O4. The van der Waals surface area contributed by atoms with Crippen LogP contribution < -0.4 is 11.1 Å². The molecule has 0 aliphatic rings. The Balaban J connectivity index is 2.08. The van der Waals surface area contributed by atoms with E-state index in [-0.39, 0.29) is 12.1 Å². The largest absolute Gasteiger partial charge is 0.368 e. The first-order valence-corrected chi connectivity index (χ1v) is 6.86. The molecule has 0 spiro atoms. The molecular weight excluding hydrogens is 298 g/mol. The van der Waals surface area contributed by atoms with E-state index in [2.05, 4.69) is 5.32 Å². The van der Waals surface area contributed by atoms with Gasteiger partial charge in [0.2, 0.25) is 5.91 Å². The highest BCUT2D eigenvalue weighted by Crippen LogP contribution is 2.13. The molecule has 118 valence electrons. The normalized spacial score (nSPS) is 11.5. The van der Waals surface area contributed by atoms with Crippen LogP contribution >= 0.6 is 0 Å². The van der Waals surface area contributed by atoms with Gasteiger partial charge >= 0.3 is 0 Å². The van der Waals surface area contributed by atoms with Crippen LogP contribution in [0.15, 0.2) is 54.6 Å². The summed E-state index contributed by atoms with van der Waals surface area (Å²) >= 11 is 0. The smallest absolute Gasteiger partial charge is 0.269 e. The fourth-order valence-electron chi connectivity index (χ4n) is 2.04. The number of hydrogen-bond donors (Lipinski definition) is 2. The van der Waals surface area contributed by atoms with Crippen LogP contribution in [0.1, 0.15) is 15.9 Å². The van der Waals surface area contributed by atoms with Gasteiger partial charge in [-0.3, -0.25) is 19.7 Å². The summed E-state index contributed by atoms with van der Waals surface area (Å²) in [5.41, 5.74) is 6.36. The van der Waals surface area contributed by atoms with E-state index in [1.165, 1.54) is 24.3 Å². The lowest BCUT2D eigenvalue weighted by atomic mass is 10.0. The minimum absolute atomic E-state index is 0.0438. The maximum absolute atomic E-state index is 12.1. The van der Waals surface area contributed by atoms with Crippen LogP contribution in [0.5, 0.6) is 0 Å². The minimum atomic E-state index is -0.899. The summed E-state index contributed by atoms with van der Waals surface area (Å²) in [5, 5.41) is 13.2. The summed E-state index contributed by atoms with van der Waals surface area (Å²) in [6, 6.07) is 13.3. The van der Waals surface area contributed by atoms with Gasteiger partial charge in [0.1, 0.15) is 6.04 Å². The van der Waals surface area contributed by atoms with Crippen molar-refractivity contribution >= 4 is 17.5 Å². The fourth-order valence-corrected chi connectivity index (χ4v) is 2.04. The SMILES string of the molecule is NC(=O)[C@H](Cc1ccc([N+](=O)[O-])cc1)NC(=O)c1ccccc1.